The molecule has 0 saturated carbocycles. The molecule has 24 heavy (non-hydrogen) atoms. The molecule has 2 aromatic carbocycles. The van der Waals surface area contributed by atoms with Crippen molar-refractivity contribution in [2.24, 2.45) is 0 Å². The number of hydrogen-bond acceptors (Lipinski definition) is 3. The Kier molecular flexibility index (Phi) is 4.51. The van der Waals surface area contributed by atoms with E-state index in [1.165, 1.54) is 5.56 Å². The van der Waals surface area contributed by atoms with Gasteiger partial charge >= 0.3 is 0 Å². The number of nitrogens with zero attached hydrogens (tertiary/aromatic N) is 1. The van der Waals surface area contributed by atoms with E-state index in [0.29, 0.717) is 24.4 Å². The molecule has 0 aromatic heterocycles. The molecular weight excluding hydrogens is 304 g/mol. The molecule has 0 fully saturated rings. The van der Waals surface area contributed by atoms with Gasteiger partial charge in [-0.1, -0.05) is 29.3 Å². The molecule has 0 radical (unpaired) electrons. The maximum Gasteiger partial charge on any atom is 0.253 e. The van der Waals surface area contributed by atoms with Gasteiger partial charge in [0.05, 0.1) is 24.3 Å². The average molecular weight is 324 g/mol. The number of rotatable bonds is 4. The van der Waals surface area contributed by atoms with Gasteiger partial charge in [0, 0.05) is 0 Å². The summed E-state index contributed by atoms with van der Waals surface area (Å²) in [5.41, 5.74) is 3.30. The number of carbonyl (C=O) groups excluding carboxylic acids is 2. The summed E-state index contributed by atoms with van der Waals surface area (Å²) in [5.74, 6) is 0.406. The van der Waals surface area contributed by atoms with Crippen LogP contribution in [0.5, 0.6) is 5.75 Å². The van der Waals surface area contributed by atoms with E-state index >= 15 is 0 Å². The summed E-state index contributed by atoms with van der Waals surface area (Å²) >= 11 is 0. The largest absolute Gasteiger partial charge is 0.492 e. The first-order chi connectivity index (χ1) is 11.5. The molecule has 0 saturated heterocycles. The van der Waals surface area contributed by atoms with Crippen LogP contribution in [0.15, 0.2) is 42.5 Å². The Hall–Kier alpha value is -2.82. The first-order valence-electron chi connectivity index (χ1n) is 7.93. The van der Waals surface area contributed by atoms with Crippen LogP contribution in [-0.2, 0) is 4.79 Å². The molecule has 0 bridgehead atoms. The lowest BCUT2D eigenvalue weighted by Crippen LogP contribution is -2.38. The van der Waals surface area contributed by atoms with Crippen molar-refractivity contribution in [3.63, 3.8) is 0 Å². The molecule has 0 atom stereocenters. The fourth-order valence-electron chi connectivity index (χ4n) is 2.68. The van der Waals surface area contributed by atoms with E-state index in [0.717, 1.165) is 11.3 Å². The van der Waals surface area contributed by atoms with E-state index in [1.54, 1.807) is 11.0 Å². The van der Waals surface area contributed by atoms with Crippen molar-refractivity contribution in [2.75, 3.05) is 24.6 Å². The molecule has 2 aromatic rings. The van der Waals surface area contributed by atoms with Gasteiger partial charge in [0.15, 0.2) is 0 Å². The van der Waals surface area contributed by atoms with E-state index in [-0.39, 0.29) is 18.4 Å². The van der Waals surface area contributed by atoms with E-state index in [9.17, 15) is 9.59 Å². The van der Waals surface area contributed by atoms with Gasteiger partial charge in [-0.25, -0.2) is 0 Å². The second-order valence-corrected chi connectivity index (χ2v) is 5.91. The fourth-order valence-corrected chi connectivity index (χ4v) is 2.68. The van der Waals surface area contributed by atoms with Crippen LogP contribution in [-0.4, -0.2) is 31.5 Å². The summed E-state index contributed by atoms with van der Waals surface area (Å²) in [6.07, 6.45) is 0. The summed E-state index contributed by atoms with van der Waals surface area (Å²) in [7, 11) is 0. The van der Waals surface area contributed by atoms with Crippen molar-refractivity contribution in [3.8, 4) is 5.75 Å². The highest BCUT2D eigenvalue weighted by Crippen LogP contribution is 2.24. The molecule has 124 valence electrons. The topological polar surface area (TPSA) is 58.6 Å². The molecule has 2 amide bonds. The van der Waals surface area contributed by atoms with Crippen LogP contribution in [0.25, 0.3) is 0 Å². The number of hydrogen-bond donors (Lipinski definition) is 1. The van der Waals surface area contributed by atoms with E-state index in [2.05, 4.69) is 5.32 Å². The highest BCUT2D eigenvalue weighted by atomic mass is 16.5. The van der Waals surface area contributed by atoms with Gasteiger partial charge < -0.3 is 15.0 Å². The SMILES string of the molecule is Cc1ccc(OCCN2C(=O)CNC(=O)c3cc(C)ccc32)cc1. The Bertz CT molecular complexity index is 769. The lowest BCUT2D eigenvalue weighted by atomic mass is 10.1. The molecule has 0 spiro atoms. The maximum absolute atomic E-state index is 12.4. The fraction of sp³-hybridized carbons (Fsp3) is 0.263. The molecule has 1 heterocycles. The lowest BCUT2D eigenvalue weighted by Gasteiger charge is -2.22. The molecule has 0 unspecified atom stereocenters. The number of aryl methyl sites for hydroxylation is 2. The van der Waals surface area contributed by atoms with Crippen LogP contribution in [0.1, 0.15) is 21.5 Å². The minimum absolute atomic E-state index is 0.00288. The third-order valence-corrected chi connectivity index (χ3v) is 3.99. The van der Waals surface area contributed by atoms with Crippen LogP contribution in [0.4, 0.5) is 5.69 Å². The standard InChI is InChI=1S/C19H20N2O3/c1-13-3-6-15(7-4-13)24-10-9-21-17-8-5-14(2)11-16(17)19(23)20-12-18(21)22/h3-8,11H,9-10,12H2,1-2H3,(H,20,23). The second kappa shape index (κ2) is 6.74. The Labute approximate surface area is 141 Å². The van der Waals surface area contributed by atoms with E-state index in [1.807, 2.05) is 50.2 Å². The first kappa shape index (κ1) is 16.1. The summed E-state index contributed by atoms with van der Waals surface area (Å²) in [4.78, 5) is 26.1. The zero-order valence-electron chi connectivity index (χ0n) is 13.8. The number of carbonyl (C=O) groups is 2. The summed E-state index contributed by atoms with van der Waals surface area (Å²) < 4.78 is 5.72. The molecule has 5 heteroatoms. The third-order valence-electron chi connectivity index (χ3n) is 3.99. The van der Waals surface area contributed by atoms with Gasteiger partial charge in [-0.05, 0) is 38.1 Å². The Morgan fingerprint density at radius 1 is 1.04 bits per heavy atom. The predicted octanol–water partition coefficient (Wildman–Crippen LogP) is 2.46. The smallest absolute Gasteiger partial charge is 0.253 e. The Balaban J connectivity index is 1.76. The van der Waals surface area contributed by atoms with Gasteiger partial charge in [-0.15, -0.1) is 0 Å². The van der Waals surface area contributed by atoms with Gasteiger partial charge in [0.1, 0.15) is 12.4 Å². The number of nitrogens with one attached hydrogen (secondary N) is 1. The average Bonchev–Trinajstić information content (AvgIpc) is 2.68. The van der Waals surface area contributed by atoms with Crippen LogP contribution >= 0.6 is 0 Å². The van der Waals surface area contributed by atoms with Crippen molar-refractivity contribution >= 4 is 17.5 Å². The number of fused-ring (bicyclic) bond motifs is 1. The molecule has 3 rings (SSSR count). The van der Waals surface area contributed by atoms with Gasteiger partial charge in [-0.2, -0.15) is 0 Å². The van der Waals surface area contributed by atoms with Gasteiger partial charge in [0.2, 0.25) is 5.91 Å². The second-order valence-electron chi connectivity index (χ2n) is 5.91. The van der Waals surface area contributed by atoms with Crippen molar-refractivity contribution in [2.45, 2.75) is 13.8 Å². The van der Waals surface area contributed by atoms with Gasteiger partial charge in [0.25, 0.3) is 5.91 Å². The summed E-state index contributed by atoms with van der Waals surface area (Å²) in [5, 5.41) is 2.65. The van der Waals surface area contributed by atoms with Gasteiger partial charge in [-0.3, -0.25) is 9.59 Å². The number of benzene rings is 2. The maximum atomic E-state index is 12.4. The minimum atomic E-state index is -0.219. The molecule has 1 N–H and O–H groups in total. The Morgan fingerprint density at radius 3 is 2.50 bits per heavy atom. The monoisotopic (exact) mass is 324 g/mol. The van der Waals surface area contributed by atoms with Crippen LogP contribution in [0, 0.1) is 13.8 Å². The predicted molar refractivity (Wildman–Crippen MR) is 92.5 cm³/mol. The molecule has 0 aliphatic carbocycles. The normalized spacial score (nSPS) is 14.0. The first-order valence-corrected chi connectivity index (χ1v) is 7.93. The molecule has 1 aliphatic heterocycles. The number of amides is 2. The third kappa shape index (κ3) is 3.40. The summed E-state index contributed by atoms with van der Waals surface area (Å²) in [6, 6.07) is 13.3. The molecular formula is C19H20N2O3. The van der Waals surface area contributed by atoms with E-state index < -0.39 is 0 Å². The van der Waals surface area contributed by atoms with Crippen molar-refractivity contribution in [1.82, 2.24) is 5.32 Å². The van der Waals surface area contributed by atoms with Crippen LogP contribution < -0.4 is 15.0 Å². The molecule has 5 nitrogen and oxygen atoms in total. The highest BCUT2D eigenvalue weighted by molar-refractivity contribution is 6.09. The number of anilines is 1. The quantitative estimate of drug-likeness (QED) is 0.940. The minimum Gasteiger partial charge on any atom is -0.492 e. The Morgan fingerprint density at radius 2 is 1.75 bits per heavy atom. The lowest BCUT2D eigenvalue weighted by molar-refractivity contribution is -0.117. The zero-order valence-corrected chi connectivity index (χ0v) is 13.8. The number of ether oxygens (including phenoxy) is 1. The molecule has 1 aliphatic rings. The zero-order chi connectivity index (χ0) is 17.1. The highest BCUT2D eigenvalue weighted by Gasteiger charge is 2.26. The van der Waals surface area contributed by atoms with Crippen molar-refractivity contribution in [1.29, 1.82) is 0 Å². The van der Waals surface area contributed by atoms with Crippen molar-refractivity contribution < 1.29 is 14.3 Å². The summed E-state index contributed by atoms with van der Waals surface area (Å²) in [6.45, 7) is 4.68. The van der Waals surface area contributed by atoms with E-state index in [4.69, 9.17) is 4.74 Å². The van der Waals surface area contributed by atoms with Crippen molar-refractivity contribution in [3.05, 3.63) is 59.2 Å². The van der Waals surface area contributed by atoms with Crippen LogP contribution in [0.3, 0.4) is 0 Å². The van der Waals surface area contributed by atoms with Crippen LogP contribution in [0.2, 0.25) is 0 Å².